The fourth-order valence-corrected chi connectivity index (χ4v) is 1.83. The van der Waals surface area contributed by atoms with Crippen molar-refractivity contribution in [2.45, 2.75) is 44.9 Å². The third kappa shape index (κ3) is 2.08. The van der Waals surface area contributed by atoms with Gasteiger partial charge in [0.1, 0.15) is 0 Å². The van der Waals surface area contributed by atoms with Crippen LogP contribution in [-0.2, 0) is 4.74 Å². The second kappa shape index (κ2) is 4.06. The summed E-state index contributed by atoms with van der Waals surface area (Å²) in [5.74, 6) is 0. The predicted molar refractivity (Wildman–Crippen MR) is 51.2 cm³/mol. The van der Waals surface area contributed by atoms with Crippen LogP contribution in [0.5, 0.6) is 0 Å². The maximum absolute atomic E-state index is 5.75. The molecule has 0 aromatic rings. The van der Waals surface area contributed by atoms with Gasteiger partial charge in [0, 0.05) is 0 Å². The van der Waals surface area contributed by atoms with Crippen LogP contribution in [0.15, 0.2) is 12.2 Å². The van der Waals surface area contributed by atoms with Gasteiger partial charge in [-0.05, 0) is 33.7 Å². The van der Waals surface area contributed by atoms with Crippen LogP contribution in [0.3, 0.4) is 0 Å². The summed E-state index contributed by atoms with van der Waals surface area (Å²) in [5, 5.41) is 3.24. The van der Waals surface area contributed by atoms with Gasteiger partial charge in [0.05, 0.1) is 18.2 Å². The summed E-state index contributed by atoms with van der Waals surface area (Å²) in [6.45, 7) is 8.13. The summed E-state index contributed by atoms with van der Waals surface area (Å²) < 4.78 is 5.75. The Labute approximate surface area is 75.0 Å². The third-order valence-corrected chi connectivity index (χ3v) is 2.48. The highest BCUT2D eigenvalue weighted by molar-refractivity contribution is 5.06. The lowest BCUT2D eigenvalue weighted by molar-refractivity contribution is 0.0412. The second-order valence-electron chi connectivity index (χ2n) is 3.68. The average molecular weight is 169 g/mol. The molecule has 0 aromatic carbocycles. The molecular formula is C10H19NO. The Bertz CT molecular complexity index is 167. The number of likely N-dealkylation sites (N-methyl/N-ethyl adjacent to an activating group) is 1. The van der Waals surface area contributed by atoms with E-state index >= 15 is 0 Å². The molecule has 0 aromatic heterocycles. The molecule has 1 heterocycles. The van der Waals surface area contributed by atoms with Crippen LogP contribution in [-0.4, -0.2) is 25.3 Å². The minimum absolute atomic E-state index is 0.329. The molecule has 3 atom stereocenters. The minimum atomic E-state index is 0.329. The summed E-state index contributed by atoms with van der Waals surface area (Å²) in [6, 6.07) is 0.329. The van der Waals surface area contributed by atoms with Gasteiger partial charge in [0.25, 0.3) is 0 Å². The zero-order valence-corrected chi connectivity index (χ0v) is 8.26. The highest BCUT2D eigenvalue weighted by atomic mass is 16.5. The van der Waals surface area contributed by atoms with Gasteiger partial charge >= 0.3 is 0 Å². The summed E-state index contributed by atoms with van der Waals surface area (Å²) in [4.78, 5) is 0. The van der Waals surface area contributed by atoms with E-state index < -0.39 is 0 Å². The lowest BCUT2D eigenvalue weighted by Gasteiger charge is -2.23. The van der Waals surface area contributed by atoms with Crippen molar-refractivity contribution in [1.82, 2.24) is 5.32 Å². The van der Waals surface area contributed by atoms with Crippen molar-refractivity contribution in [2.75, 3.05) is 7.05 Å². The van der Waals surface area contributed by atoms with E-state index in [0.29, 0.717) is 18.2 Å². The molecule has 1 N–H and O–H groups in total. The van der Waals surface area contributed by atoms with Crippen LogP contribution in [0.2, 0.25) is 0 Å². The SMILES string of the molecule is C=C(C)C(NC)C1CCC(C)O1. The first-order valence-electron chi connectivity index (χ1n) is 4.63. The molecule has 70 valence electrons. The standard InChI is InChI=1S/C10H19NO/c1-7(2)10(11-4)9-6-5-8(3)12-9/h8-11H,1,5-6H2,2-4H3. The van der Waals surface area contributed by atoms with Gasteiger partial charge < -0.3 is 10.1 Å². The smallest absolute Gasteiger partial charge is 0.0770 e. The van der Waals surface area contributed by atoms with E-state index in [1.807, 2.05) is 14.0 Å². The quantitative estimate of drug-likeness (QED) is 0.649. The molecule has 1 fully saturated rings. The van der Waals surface area contributed by atoms with E-state index in [-0.39, 0.29) is 0 Å². The van der Waals surface area contributed by atoms with Crippen LogP contribution in [0, 0.1) is 0 Å². The topological polar surface area (TPSA) is 21.3 Å². The highest BCUT2D eigenvalue weighted by Gasteiger charge is 2.28. The molecule has 0 bridgehead atoms. The van der Waals surface area contributed by atoms with Crippen molar-refractivity contribution >= 4 is 0 Å². The fourth-order valence-electron chi connectivity index (χ4n) is 1.83. The van der Waals surface area contributed by atoms with Gasteiger partial charge in [-0.3, -0.25) is 0 Å². The zero-order valence-electron chi connectivity index (χ0n) is 8.26. The Hall–Kier alpha value is -0.340. The van der Waals surface area contributed by atoms with Crippen molar-refractivity contribution in [3.63, 3.8) is 0 Å². The Kier molecular flexibility index (Phi) is 3.29. The van der Waals surface area contributed by atoms with Gasteiger partial charge in [-0.1, -0.05) is 12.2 Å². The Morgan fingerprint density at radius 3 is 2.58 bits per heavy atom. The van der Waals surface area contributed by atoms with Crippen LogP contribution in [0.25, 0.3) is 0 Å². The maximum Gasteiger partial charge on any atom is 0.0770 e. The molecule has 3 unspecified atom stereocenters. The van der Waals surface area contributed by atoms with Crippen molar-refractivity contribution < 1.29 is 4.74 Å². The Morgan fingerprint density at radius 2 is 2.25 bits per heavy atom. The molecule has 0 spiro atoms. The zero-order chi connectivity index (χ0) is 9.14. The largest absolute Gasteiger partial charge is 0.373 e. The molecule has 0 amide bonds. The van der Waals surface area contributed by atoms with Crippen LogP contribution >= 0.6 is 0 Å². The molecule has 0 radical (unpaired) electrons. The highest BCUT2D eigenvalue weighted by Crippen LogP contribution is 2.23. The summed E-state index contributed by atoms with van der Waals surface area (Å²) >= 11 is 0. The Balaban J connectivity index is 2.49. The van der Waals surface area contributed by atoms with E-state index in [9.17, 15) is 0 Å². The minimum Gasteiger partial charge on any atom is -0.373 e. The van der Waals surface area contributed by atoms with Gasteiger partial charge in [-0.25, -0.2) is 0 Å². The van der Waals surface area contributed by atoms with Crippen LogP contribution < -0.4 is 5.32 Å². The molecule has 0 aliphatic carbocycles. The number of rotatable bonds is 3. The first kappa shape index (κ1) is 9.75. The van der Waals surface area contributed by atoms with E-state index in [4.69, 9.17) is 4.74 Å². The third-order valence-electron chi connectivity index (χ3n) is 2.48. The maximum atomic E-state index is 5.75. The Morgan fingerprint density at radius 1 is 1.58 bits per heavy atom. The molecule has 1 aliphatic heterocycles. The second-order valence-corrected chi connectivity index (χ2v) is 3.68. The average Bonchev–Trinajstić information content (AvgIpc) is 2.37. The molecule has 1 rings (SSSR count). The van der Waals surface area contributed by atoms with Crippen LogP contribution in [0.1, 0.15) is 26.7 Å². The molecule has 2 heteroatoms. The monoisotopic (exact) mass is 169 g/mol. The normalized spacial score (nSPS) is 31.9. The lowest BCUT2D eigenvalue weighted by atomic mass is 10.0. The number of nitrogens with one attached hydrogen (secondary N) is 1. The predicted octanol–water partition coefficient (Wildman–Crippen LogP) is 1.72. The van der Waals surface area contributed by atoms with E-state index in [1.165, 1.54) is 6.42 Å². The molecule has 0 saturated carbocycles. The van der Waals surface area contributed by atoms with Crippen molar-refractivity contribution in [2.24, 2.45) is 0 Å². The van der Waals surface area contributed by atoms with Gasteiger partial charge in [0.2, 0.25) is 0 Å². The van der Waals surface area contributed by atoms with Crippen molar-refractivity contribution in [1.29, 1.82) is 0 Å². The lowest BCUT2D eigenvalue weighted by Crippen LogP contribution is -2.38. The molecule has 12 heavy (non-hydrogen) atoms. The van der Waals surface area contributed by atoms with Gasteiger partial charge in [-0.2, -0.15) is 0 Å². The number of ether oxygens (including phenoxy) is 1. The van der Waals surface area contributed by atoms with Gasteiger partial charge in [-0.15, -0.1) is 0 Å². The van der Waals surface area contributed by atoms with Crippen molar-refractivity contribution in [3.05, 3.63) is 12.2 Å². The molecular weight excluding hydrogens is 150 g/mol. The van der Waals surface area contributed by atoms with Crippen molar-refractivity contribution in [3.8, 4) is 0 Å². The number of hydrogen-bond acceptors (Lipinski definition) is 2. The molecule has 1 aliphatic rings. The molecule has 2 nitrogen and oxygen atoms in total. The number of hydrogen-bond donors (Lipinski definition) is 1. The summed E-state index contributed by atoms with van der Waals surface area (Å²) in [6.07, 6.45) is 3.09. The molecule has 1 saturated heterocycles. The first-order chi connectivity index (χ1) is 5.65. The van der Waals surface area contributed by atoms with Gasteiger partial charge in [0.15, 0.2) is 0 Å². The summed E-state index contributed by atoms with van der Waals surface area (Å²) in [5.41, 5.74) is 1.16. The summed E-state index contributed by atoms with van der Waals surface area (Å²) in [7, 11) is 1.96. The van der Waals surface area contributed by atoms with E-state index in [1.54, 1.807) is 0 Å². The van der Waals surface area contributed by atoms with E-state index in [2.05, 4.69) is 18.8 Å². The van der Waals surface area contributed by atoms with Crippen LogP contribution in [0.4, 0.5) is 0 Å². The fraction of sp³-hybridized carbons (Fsp3) is 0.800. The first-order valence-corrected chi connectivity index (χ1v) is 4.63. The van der Waals surface area contributed by atoms with E-state index in [0.717, 1.165) is 12.0 Å².